The highest BCUT2D eigenvalue weighted by atomic mass is 32.1. The molecule has 3 aromatic rings. The maximum absolute atomic E-state index is 10.1. The average molecular weight is 330 g/mol. The van der Waals surface area contributed by atoms with E-state index in [0.717, 1.165) is 13.1 Å². The third-order valence-electron chi connectivity index (χ3n) is 3.91. The molecule has 0 saturated carbocycles. The minimum absolute atomic E-state index is 0.195. The van der Waals surface area contributed by atoms with Gasteiger partial charge in [0.15, 0.2) is 0 Å². The molecule has 0 aliphatic carbocycles. The normalized spacial score (nSPS) is 14.0. The standard InChI is InChI=1S/C18H22N2O2S/c1-14(11-17(21)18-7-3-9-22-18)19-12-15-5-2-8-20(15)13-16-6-4-10-23-16/h2-10,14,17,19,21H,11-13H2,1H3. The van der Waals surface area contributed by atoms with Crippen LogP contribution < -0.4 is 5.32 Å². The van der Waals surface area contributed by atoms with Gasteiger partial charge in [0.2, 0.25) is 0 Å². The minimum Gasteiger partial charge on any atom is -0.467 e. The van der Waals surface area contributed by atoms with Gasteiger partial charge in [-0.15, -0.1) is 11.3 Å². The maximum Gasteiger partial charge on any atom is 0.132 e. The average Bonchev–Trinajstić information content (AvgIpc) is 3.29. The molecule has 0 aromatic carbocycles. The topological polar surface area (TPSA) is 50.3 Å². The Kier molecular flexibility index (Phi) is 5.33. The molecule has 2 unspecified atom stereocenters. The van der Waals surface area contributed by atoms with Gasteiger partial charge in [0.1, 0.15) is 11.9 Å². The molecule has 122 valence electrons. The first-order chi connectivity index (χ1) is 11.2. The number of furan rings is 1. The van der Waals surface area contributed by atoms with Crippen molar-refractivity contribution >= 4 is 11.3 Å². The highest BCUT2D eigenvalue weighted by molar-refractivity contribution is 7.09. The molecular weight excluding hydrogens is 308 g/mol. The van der Waals surface area contributed by atoms with E-state index in [0.29, 0.717) is 12.2 Å². The van der Waals surface area contributed by atoms with Crippen LogP contribution in [0.4, 0.5) is 0 Å². The van der Waals surface area contributed by atoms with Crippen molar-refractivity contribution < 1.29 is 9.52 Å². The predicted molar refractivity (Wildman–Crippen MR) is 92.4 cm³/mol. The zero-order valence-electron chi connectivity index (χ0n) is 13.2. The Labute approximate surface area is 140 Å². The van der Waals surface area contributed by atoms with Crippen LogP contribution in [-0.4, -0.2) is 15.7 Å². The molecule has 3 aromatic heterocycles. The van der Waals surface area contributed by atoms with Gasteiger partial charge in [0.25, 0.3) is 0 Å². The zero-order valence-corrected chi connectivity index (χ0v) is 14.0. The van der Waals surface area contributed by atoms with E-state index in [-0.39, 0.29) is 6.04 Å². The molecule has 0 radical (unpaired) electrons. The molecule has 0 aliphatic heterocycles. The van der Waals surface area contributed by atoms with Crippen LogP contribution in [0.3, 0.4) is 0 Å². The quantitative estimate of drug-likeness (QED) is 0.660. The fraction of sp³-hybridized carbons (Fsp3) is 0.333. The van der Waals surface area contributed by atoms with Gasteiger partial charge in [-0.3, -0.25) is 0 Å². The van der Waals surface area contributed by atoms with Crippen molar-refractivity contribution in [3.8, 4) is 0 Å². The smallest absolute Gasteiger partial charge is 0.132 e. The van der Waals surface area contributed by atoms with Gasteiger partial charge in [-0.25, -0.2) is 0 Å². The van der Waals surface area contributed by atoms with Crippen LogP contribution in [0.15, 0.2) is 58.7 Å². The Balaban J connectivity index is 1.51. The van der Waals surface area contributed by atoms with Crippen LogP contribution in [0.2, 0.25) is 0 Å². The van der Waals surface area contributed by atoms with E-state index in [1.807, 2.05) is 6.07 Å². The minimum atomic E-state index is -0.564. The molecule has 2 atom stereocenters. The van der Waals surface area contributed by atoms with Crippen molar-refractivity contribution in [1.82, 2.24) is 9.88 Å². The number of thiophene rings is 1. The Morgan fingerprint density at radius 1 is 1.26 bits per heavy atom. The lowest BCUT2D eigenvalue weighted by molar-refractivity contribution is 0.128. The molecule has 23 heavy (non-hydrogen) atoms. The first-order valence-electron chi connectivity index (χ1n) is 7.83. The van der Waals surface area contributed by atoms with Gasteiger partial charge in [0.05, 0.1) is 12.8 Å². The van der Waals surface area contributed by atoms with Gasteiger partial charge < -0.3 is 19.4 Å². The largest absolute Gasteiger partial charge is 0.467 e. The van der Waals surface area contributed by atoms with Crippen LogP contribution in [-0.2, 0) is 13.1 Å². The van der Waals surface area contributed by atoms with E-state index in [9.17, 15) is 5.11 Å². The summed E-state index contributed by atoms with van der Waals surface area (Å²) in [5.41, 5.74) is 1.25. The fourth-order valence-corrected chi connectivity index (χ4v) is 3.33. The van der Waals surface area contributed by atoms with E-state index in [1.54, 1.807) is 23.7 Å². The molecule has 0 amide bonds. The summed E-state index contributed by atoms with van der Waals surface area (Å²) in [6.45, 7) is 3.77. The molecule has 4 nitrogen and oxygen atoms in total. The molecule has 0 bridgehead atoms. The summed E-state index contributed by atoms with van der Waals surface area (Å²) >= 11 is 1.78. The monoisotopic (exact) mass is 330 g/mol. The number of aliphatic hydroxyl groups is 1. The summed E-state index contributed by atoms with van der Waals surface area (Å²) in [6, 6.07) is 12.3. The van der Waals surface area contributed by atoms with Gasteiger partial charge in [-0.05, 0) is 49.1 Å². The maximum atomic E-state index is 10.1. The van der Waals surface area contributed by atoms with Crippen LogP contribution in [0, 0.1) is 0 Å². The van der Waals surface area contributed by atoms with Crippen molar-refractivity contribution in [3.63, 3.8) is 0 Å². The first kappa shape index (κ1) is 16.1. The number of rotatable bonds is 8. The third-order valence-corrected chi connectivity index (χ3v) is 4.77. The molecule has 3 heterocycles. The van der Waals surface area contributed by atoms with Gasteiger partial charge >= 0.3 is 0 Å². The van der Waals surface area contributed by atoms with Gasteiger partial charge in [-0.1, -0.05) is 6.07 Å². The lowest BCUT2D eigenvalue weighted by Crippen LogP contribution is -2.28. The molecule has 3 rings (SSSR count). The number of aliphatic hydroxyl groups excluding tert-OH is 1. The molecule has 0 saturated heterocycles. The summed E-state index contributed by atoms with van der Waals surface area (Å²) in [4.78, 5) is 1.35. The van der Waals surface area contributed by atoms with E-state index in [2.05, 4.69) is 52.7 Å². The van der Waals surface area contributed by atoms with Gasteiger partial charge in [0, 0.05) is 29.4 Å². The van der Waals surface area contributed by atoms with Crippen molar-refractivity contribution in [2.45, 2.75) is 38.6 Å². The number of hydrogen-bond donors (Lipinski definition) is 2. The van der Waals surface area contributed by atoms with E-state index in [1.165, 1.54) is 10.6 Å². The summed E-state index contributed by atoms with van der Waals surface area (Å²) < 4.78 is 7.50. The Bertz CT molecular complexity index is 689. The van der Waals surface area contributed by atoms with Crippen LogP contribution in [0.1, 0.15) is 35.8 Å². The summed E-state index contributed by atoms with van der Waals surface area (Å²) in [5, 5.41) is 15.7. The predicted octanol–water partition coefficient (Wildman–Crippen LogP) is 3.79. The molecule has 2 N–H and O–H groups in total. The van der Waals surface area contributed by atoms with Crippen LogP contribution in [0.25, 0.3) is 0 Å². The SMILES string of the molecule is CC(CC(O)c1ccco1)NCc1cccn1Cc1cccs1. The Morgan fingerprint density at radius 3 is 2.91 bits per heavy atom. The first-order valence-corrected chi connectivity index (χ1v) is 8.71. The Hall–Kier alpha value is -1.82. The highest BCUT2D eigenvalue weighted by Gasteiger charge is 2.14. The summed E-state index contributed by atoms with van der Waals surface area (Å²) in [5.74, 6) is 0.625. The van der Waals surface area contributed by atoms with Gasteiger partial charge in [-0.2, -0.15) is 0 Å². The number of hydrogen-bond acceptors (Lipinski definition) is 4. The fourth-order valence-electron chi connectivity index (χ4n) is 2.63. The van der Waals surface area contributed by atoms with Crippen molar-refractivity contribution in [3.05, 3.63) is 70.6 Å². The molecule has 5 heteroatoms. The van der Waals surface area contributed by atoms with E-state index in [4.69, 9.17) is 4.42 Å². The second-order valence-corrected chi connectivity index (χ2v) is 6.79. The zero-order chi connectivity index (χ0) is 16.1. The summed E-state index contributed by atoms with van der Waals surface area (Å²) in [6.07, 6.45) is 3.76. The lowest BCUT2D eigenvalue weighted by Gasteiger charge is -2.17. The molecule has 0 aliphatic rings. The lowest BCUT2D eigenvalue weighted by atomic mass is 10.1. The van der Waals surface area contributed by atoms with Crippen molar-refractivity contribution in [2.24, 2.45) is 0 Å². The summed E-state index contributed by atoms with van der Waals surface area (Å²) in [7, 11) is 0. The third kappa shape index (κ3) is 4.34. The van der Waals surface area contributed by atoms with E-state index < -0.39 is 6.10 Å². The molecule has 0 fully saturated rings. The number of aromatic nitrogens is 1. The second kappa shape index (κ2) is 7.64. The number of nitrogens with one attached hydrogen (secondary N) is 1. The number of nitrogens with zero attached hydrogens (tertiary/aromatic N) is 1. The highest BCUT2D eigenvalue weighted by Crippen LogP contribution is 2.19. The van der Waals surface area contributed by atoms with E-state index >= 15 is 0 Å². The Morgan fingerprint density at radius 2 is 2.17 bits per heavy atom. The van der Waals surface area contributed by atoms with Crippen LogP contribution in [0.5, 0.6) is 0 Å². The molecular formula is C18H22N2O2S. The van der Waals surface area contributed by atoms with Crippen molar-refractivity contribution in [2.75, 3.05) is 0 Å². The molecule has 0 spiro atoms. The van der Waals surface area contributed by atoms with Crippen molar-refractivity contribution in [1.29, 1.82) is 0 Å². The van der Waals surface area contributed by atoms with Crippen LogP contribution >= 0.6 is 11.3 Å². The second-order valence-electron chi connectivity index (χ2n) is 5.76.